The van der Waals surface area contributed by atoms with Crippen molar-refractivity contribution in [1.82, 2.24) is 29.4 Å². The van der Waals surface area contributed by atoms with E-state index in [-0.39, 0.29) is 0 Å². The van der Waals surface area contributed by atoms with Gasteiger partial charge in [0.25, 0.3) is 0 Å². The number of pyridine rings is 1. The lowest BCUT2D eigenvalue weighted by molar-refractivity contribution is 0.837. The zero-order valence-electron chi connectivity index (χ0n) is 13.1. The molecule has 0 fully saturated rings. The van der Waals surface area contributed by atoms with Gasteiger partial charge in [-0.15, -0.1) is 5.10 Å². The zero-order chi connectivity index (χ0) is 16.1. The van der Waals surface area contributed by atoms with Gasteiger partial charge >= 0.3 is 0 Å². The molecule has 0 aromatic carbocycles. The van der Waals surface area contributed by atoms with Crippen LogP contribution >= 0.6 is 0 Å². The first-order valence-corrected chi connectivity index (χ1v) is 7.90. The molecule has 0 radical (unpaired) electrons. The summed E-state index contributed by atoms with van der Waals surface area (Å²) in [5.74, 6) is 1.72. The molecule has 24 heavy (non-hydrogen) atoms. The molecule has 5 heterocycles. The maximum Gasteiger partial charge on any atom is 0.155 e. The summed E-state index contributed by atoms with van der Waals surface area (Å²) in [6.45, 7) is 2.89. The Balaban J connectivity index is 1.77. The van der Waals surface area contributed by atoms with E-state index in [9.17, 15) is 0 Å². The van der Waals surface area contributed by atoms with Crippen molar-refractivity contribution in [3.05, 3.63) is 54.0 Å². The van der Waals surface area contributed by atoms with E-state index < -0.39 is 0 Å². The summed E-state index contributed by atoms with van der Waals surface area (Å²) in [5.41, 5.74) is 4.84. The fourth-order valence-electron chi connectivity index (χ4n) is 3.16. The highest BCUT2D eigenvalue weighted by Gasteiger charge is 2.25. The molecule has 4 aromatic rings. The summed E-state index contributed by atoms with van der Waals surface area (Å²) in [7, 11) is 0. The van der Waals surface area contributed by atoms with E-state index in [1.807, 2.05) is 48.1 Å². The van der Waals surface area contributed by atoms with Gasteiger partial charge in [-0.2, -0.15) is 5.10 Å². The molecule has 0 unspecified atom stereocenters. The van der Waals surface area contributed by atoms with Crippen LogP contribution < -0.4 is 5.32 Å². The Morgan fingerprint density at radius 3 is 3.00 bits per heavy atom. The lowest BCUT2D eigenvalue weighted by atomic mass is 10.1. The van der Waals surface area contributed by atoms with Crippen LogP contribution in [0.2, 0.25) is 0 Å². The number of aryl methyl sites for hydroxylation is 1. The predicted molar refractivity (Wildman–Crippen MR) is 90.3 cm³/mol. The summed E-state index contributed by atoms with van der Waals surface area (Å²) in [5, 5.41) is 12.3. The lowest BCUT2D eigenvalue weighted by Gasteiger charge is -2.09. The second-order valence-electron chi connectivity index (χ2n) is 5.85. The third kappa shape index (κ3) is 1.91. The number of fused-ring (bicyclic) bond motifs is 2. The van der Waals surface area contributed by atoms with Crippen molar-refractivity contribution in [2.45, 2.75) is 13.3 Å². The number of hydrogen-bond acceptors (Lipinski definition) is 5. The van der Waals surface area contributed by atoms with E-state index in [0.29, 0.717) is 0 Å². The highest BCUT2D eigenvalue weighted by atomic mass is 15.4. The van der Waals surface area contributed by atoms with Crippen molar-refractivity contribution < 1.29 is 0 Å². The average molecular weight is 317 g/mol. The second kappa shape index (κ2) is 4.89. The first kappa shape index (κ1) is 13.2. The summed E-state index contributed by atoms with van der Waals surface area (Å²) < 4.78 is 3.65. The molecule has 1 aliphatic rings. The minimum atomic E-state index is 0.802. The smallest absolute Gasteiger partial charge is 0.155 e. The Hall–Kier alpha value is -3.22. The van der Waals surface area contributed by atoms with Crippen LogP contribution in [0.4, 0.5) is 5.82 Å². The molecule has 4 aromatic heterocycles. The Labute approximate surface area is 138 Å². The van der Waals surface area contributed by atoms with Crippen LogP contribution in [0.3, 0.4) is 0 Å². The maximum absolute atomic E-state index is 4.75. The van der Waals surface area contributed by atoms with Gasteiger partial charge in [-0.1, -0.05) is 6.07 Å². The third-order valence-electron chi connectivity index (χ3n) is 4.24. The van der Waals surface area contributed by atoms with Gasteiger partial charge in [-0.25, -0.2) is 19.2 Å². The molecule has 118 valence electrons. The molecular weight excluding hydrogens is 302 g/mol. The van der Waals surface area contributed by atoms with Gasteiger partial charge in [0.15, 0.2) is 17.3 Å². The van der Waals surface area contributed by atoms with Crippen molar-refractivity contribution in [2.24, 2.45) is 0 Å². The van der Waals surface area contributed by atoms with Crippen molar-refractivity contribution in [3.63, 3.8) is 0 Å². The third-order valence-corrected chi connectivity index (χ3v) is 4.24. The molecule has 0 bridgehead atoms. The largest absolute Gasteiger partial charge is 0.368 e. The number of nitrogens with one attached hydrogen (secondary N) is 1. The van der Waals surface area contributed by atoms with E-state index in [1.165, 1.54) is 5.56 Å². The summed E-state index contributed by atoms with van der Waals surface area (Å²) in [4.78, 5) is 9.37. The van der Waals surface area contributed by atoms with Gasteiger partial charge in [0, 0.05) is 30.1 Å². The van der Waals surface area contributed by atoms with Crippen molar-refractivity contribution in [1.29, 1.82) is 0 Å². The highest BCUT2D eigenvalue weighted by Crippen LogP contribution is 2.33. The minimum Gasteiger partial charge on any atom is -0.368 e. The molecule has 1 N–H and O–H groups in total. The van der Waals surface area contributed by atoms with E-state index in [2.05, 4.69) is 15.4 Å². The quantitative estimate of drug-likeness (QED) is 0.614. The molecule has 1 aliphatic heterocycles. The summed E-state index contributed by atoms with van der Waals surface area (Å²) in [6.07, 6.45) is 4.60. The highest BCUT2D eigenvalue weighted by molar-refractivity contribution is 5.71. The molecule has 0 saturated carbocycles. The van der Waals surface area contributed by atoms with Crippen molar-refractivity contribution in [2.75, 3.05) is 11.9 Å². The van der Waals surface area contributed by atoms with Crippen LogP contribution in [0.25, 0.3) is 22.9 Å². The first-order valence-electron chi connectivity index (χ1n) is 7.90. The monoisotopic (exact) mass is 317 g/mol. The van der Waals surface area contributed by atoms with Gasteiger partial charge in [-0.05, 0) is 31.5 Å². The molecule has 5 rings (SSSR count). The lowest BCUT2D eigenvalue weighted by Crippen LogP contribution is -2.07. The zero-order valence-corrected chi connectivity index (χ0v) is 13.1. The molecule has 0 saturated heterocycles. The molecule has 0 aliphatic carbocycles. The predicted octanol–water partition coefficient (Wildman–Crippen LogP) is 2.25. The van der Waals surface area contributed by atoms with E-state index >= 15 is 0 Å². The van der Waals surface area contributed by atoms with Crippen LogP contribution in [0, 0.1) is 6.92 Å². The van der Waals surface area contributed by atoms with Gasteiger partial charge in [0.1, 0.15) is 0 Å². The second-order valence-corrected chi connectivity index (χ2v) is 5.85. The molecule has 0 atom stereocenters. The Morgan fingerprint density at radius 2 is 2.08 bits per heavy atom. The summed E-state index contributed by atoms with van der Waals surface area (Å²) in [6, 6.07) is 9.82. The number of nitrogens with zero attached hydrogens (tertiary/aromatic N) is 6. The van der Waals surface area contributed by atoms with Crippen LogP contribution in [0.5, 0.6) is 0 Å². The van der Waals surface area contributed by atoms with Gasteiger partial charge in [-0.3, -0.25) is 0 Å². The van der Waals surface area contributed by atoms with Crippen LogP contribution in [-0.4, -0.2) is 35.9 Å². The first-order chi connectivity index (χ1) is 11.8. The average Bonchev–Trinajstić information content (AvgIpc) is 3.29. The number of aromatic nitrogens is 6. The molecule has 7 nitrogen and oxygen atoms in total. The van der Waals surface area contributed by atoms with E-state index in [0.717, 1.165) is 47.3 Å². The van der Waals surface area contributed by atoms with Crippen LogP contribution in [-0.2, 0) is 6.42 Å². The molecule has 7 heteroatoms. The molecular formula is C17H15N7. The Bertz CT molecular complexity index is 1060. The van der Waals surface area contributed by atoms with Crippen molar-refractivity contribution in [3.8, 4) is 17.2 Å². The number of anilines is 1. The van der Waals surface area contributed by atoms with Crippen molar-refractivity contribution >= 4 is 11.5 Å². The minimum absolute atomic E-state index is 0.802. The maximum atomic E-state index is 4.75. The van der Waals surface area contributed by atoms with Crippen LogP contribution in [0.15, 0.2) is 42.7 Å². The van der Waals surface area contributed by atoms with Gasteiger partial charge < -0.3 is 5.32 Å². The molecule has 0 amide bonds. The molecule has 0 spiro atoms. The number of hydrogen-bond donors (Lipinski definition) is 1. The Kier molecular flexibility index (Phi) is 2.70. The fraction of sp³-hybridized carbons (Fsp3) is 0.176. The topological polar surface area (TPSA) is 72.9 Å². The normalized spacial score (nSPS) is 13.2. The standard InChI is InChI=1S/C17H15N7/c1-11-3-2-4-15(20-11)24-16(12-5-8-18-17(12)22-24)13-7-10-23-14(21-13)6-9-19-23/h2-4,6-7,9-10H,5,8H2,1H3,(H,18,22). The SMILES string of the molecule is Cc1cccc(-n2nc3c(c2-c2ccn4nccc4n2)CCN3)n1. The number of rotatable bonds is 2. The Morgan fingerprint density at radius 1 is 1.12 bits per heavy atom. The van der Waals surface area contributed by atoms with E-state index in [1.54, 1.807) is 10.7 Å². The van der Waals surface area contributed by atoms with E-state index in [4.69, 9.17) is 10.1 Å². The summed E-state index contributed by atoms with van der Waals surface area (Å²) >= 11 is 0. The van der Waals surface area contributed by atoms with Gasteiger partial charge in [0.2, 0.25) is 0 Å². The van der Waals surface area contributed by atoms with Gasteiger partial charge in [0.05, 0.1) is 17.6 Å². The fourth-order valence-corrected chi connectivity index (χ4v) is 3.16. The van der Waals surface area contributed by atoms with Crippen LogP contribution in [0.1, 0.15) is 11.3 Å².